The van der Waals surface area contributed by atoms with E-state index in [1.165, 1.54) is 11.1 Å². The minimum Gasteiger partial charge on any atom is -0.354 e. The standard InChI is InChI=1S/C15H22N4O2/c1-18-14(20)8-7-13(17-18)19-9-3-2-4-12(19)10-16-15(21)11-5-6-11/h7-8,11-12H,2-6,9-10H2,1H3,(H,16,21). The molecular weight excluding hydrogens is 268 g/mol. The van der Waals surface area contributed by atoms with Crippen LogP contribution in [0.2, 0.25) is 0 Å². The Morgan fingerprint density at radius 3 is 2.86 bits per heavy atom. The molecule has 1 atom stereocenters. The van der Waals surface area contributed by atoms with Crippen LogP contribution in [0.5, 0.6) is 0 Å². The van der Waals surface area contributed by atoms with E-state index in [0.29, 0.717) is 6.54 Å². The third kappa shape index (κ3) is 3.25. The molecule has 2 fully saturated rings. The molecule has 1 unspecified atom stereocenters. The fourth-order valence-electron chi connectivity index (χ4n) is 2.87. The molecule has 21 heavy (non-hydrogen) atoms. The summed E-state index contributed by atoms with van der Waals surface area (Å²) in [7, 11) is 1.67. The van der Waals surface area contributed by atoms with Gasteiger partial charge in [-0.05, 0) is 38.2 Å². The van der Waals surface area contributed by atoms with Crippen molar-refractivity contribution in [1.82, 2.24) is 15.1 Å². The number of carbonyl (C=O) groups excluding carboxylic acids is 1. The summed E-state index contributed by atoms with van der Waals surface area (Å²) in [4.78, 5) is 25.5. The van der Waals surface area contributed by atoms with Crippen molar-refractivity contribution in [2.45, 2.75) is 38.1 Å². The molecule has 1 saturated carbocycles. The summed E-state index contributed by atoms with van der Waals surface area (Å²) < 4.78 is 1.36. The summed E-state index contributed by atoms with van der Waals surface area (Å²) in [5, 5.41) is 7.40. The summed E-state index contributed by atoms with van der Waals surface area (Å²) in [6.07, 6.45) is 5.41. The molecule has 6 heteroatoms. The Morgan fingerprint density at radius 2 is 2.14 bits per heavy atom. The van der Waals surface area contributed by atoms with Crippen LogP contribution in [0.3, 0.4) is 0 Å². The second-order valence-corrected chi connectivity index (χ2v) is 6.02. The van der Waals surface area contributed by atoms with Gasteiger partial charge in [-0.15, -0.1) is 0 Å². The van der Waals surface area contributed by atoms with E-state index in [1.54, 1.807) is 19.2 Å². The molecule has 2 aliphatic rings. The number of hydrogen-bond acceptors (Lipinski definition) is 4. The number of nitrogens with one attached hydrogen (secondary N) is 1. The fraction of sp³-hybridized carbons (Fsp3) is 0.667. The Labute approximate surface area is 124 Å². The molecule has 1 aliphatic heterocycles. The van der Waals surface area contributed by atoms with Gasteiger partial charge < -0.3 is 10.2 Å². The minimum atomic E-state index is -0.102. The summed E-state index contributed by atoms with van der Waals surface area (Å²) >= 11 is 0. The number of aryl methyl sites for hydroxylation is 1. The Bertz CT molecular complexity index is 579. The lowest BCUT2D eigenvalue weighted by atomic mass is 10.0. The molecule has 1 saturated heterocycles. The lowest BCUT2D eigenvalue weighted by Crippen LogP contribution is -2.47. The zero-order valence-corrected chi connectivity index (χ0v) is 12.4. The van der Waals surface area contributed by atoms with Crippen molar-refractivity contribution < 1.29 is 4.79 Å². The topological polar surface area (TPSA) is 67.2 Å². The molecule has 1 aliphatic carbocycles. The Hall–Kier alpha value is -1.85. The van der Waals surface area contributed by atoms with Crippen molar-refractivity contribution >= 4 is 11.7 Å². The summed E-state index contributed by atoms with van der Waals surface area (Å²) in [5.41, 5.74) is -0.102. The average molecular weight is 290 g/mol. The molecule has 1 aromatic heterocycles. The maximum atomic E-state index is 11.8. The largest absolute Gasteiger partial charge is 0.354 e. The normalized spacial score (nSPS) is 22.1. The molecule has 3 rings (SSSR count). The average Bonchev–Trinajstić information content (AvgIpc) is 3.33. The van der Waals surface area contributed by atoms with Crippen molar-refractivity contribution in [3.05, 3.63) is 22.5 Å². The second kappa shape index (κ2) is 5.87. The quantitative estimate of drug-likeness (QED) is 0.885. The fourth-order valence-corrected chi connectivity index (χ4v) is 2.87. The van der Waals surface area contributed by atoms with Crippen LogP contribution in [0.1, 0.15) is 32.1 Å². The Balaban J connectivity index is 1.69. The van der Waals surface area contributed by atoms with Crippen LogP contribution in [0.15, 0.2) is 16.9 Å². The molecule has 1 amide bonds. The van der Waals surface area contributed by atoms with E-state index in [9.17, 15) is 9.59 Å². The summed E-state index contributed by atoms with van der Waals surface area (Å²) in [6, 6.07) is 3.60. The molecular formula is C15H22N4O2. The van der Waals surface area contributed by atoms with Crippen LogP contribution in [0, 0.1) is 5.92 Å². The third-order valence-corrected chi connectivity index (χ3v) is 4.33. The molecule has 0 bridgehead atoms. The number of nitrogens with zero attached hydrogens (tertiary/aromatic N) is 3. The smallest absolute Gasteiger partial charge is 0.266 e. The lowest BCUT2D eigenvalue weighted by molar-refractivity contribution is -0.122. The molecule has 6 nitrogen and oxygen atoms in total. The van der Waals surface area contributed by atoms with Crippen molar-refractivity contribution in [2.75, 3.05) is 18.0 Å². The van der Waals surface area contributed by atoms with Crippen LogP contribution >= 0.6 is 0 Å². The van der Waals surface area contributed by atoms with Gasteiger partial charge in [0.05, 0.1) is 0 Å². The van der Waals surface area contributed by atoms with Crippen molar-refractivity contribution in [3.8, 4) is 0 Å². The monoisotopic (exact) mass is 290 g/mol. The number of rotatable bonds is 4. The first-order valence-corrected chi connectivity index (χ1v) is 7.74. The highest BCUT2D eigenvalue weighted by molar-refractivity contribution is 5.80. The SMILES string of the molecule is Cn1nc(N2CCCCC2CNC(=O)C2CC2)ccc1=O. The van der Waals surface area contributed by atoms with Gasteiger partial charge in [-0.2, -0.15) is 5.10 Å². The van der Waals surface area contributed by atoms with E-state index in [-0.39, 0.29) is 23.4 Å². The highest BCUT2D eigenvalue weighted by atomic mass is 16.2. The number of amides is 1. The van der Waals surface area contributed by atoms with Crippen LogP contribution < -0.4 is 15.8 Å². The number of hydrogen-bond donors (Lipinski definition) is 1. The first-order valence-electron chi connectivity index (χ1n) is 7.74. The molecule has 0 radical (unpaired) electrons. The Kier molecular flexibility index (Phi) is 3.94. The molecule has 114 valence electrons. The van der Waals surface area contributed by atoms with E-state index in [1.807, 2.05) is 0 Å². The predicted molar refractivity (Wildman–Crippen MR) is 80.2 cm³/mol. The molecule has 1 aromatic rings. The maximum Gasteiger partial charge on any atom is 0.266 e. The lowest BCUT2D eigenvalue weighted by Gasteiger charge is -2.36. The van der Waals surface area contributed by atoms with Gasteiger partial charge >= 0.3 is 0 Å². The van der Waals surface area contributed by atoms with Crippen LogP contribution in [0.25, 0.3) is 0 Å². The van der Waals surface area contributed by atoms with Gasteiger partial charge in [-0.1, -0.05) is 0 Å². The van der Waals surface area contributed by atoms with Crippen LogP contribution in [0.4, 0.5) is 5.82 Å². The first kappa shape index (κ1) is 14.1. The number of aromatic nitrogens is 2. The number of carbonyl (C=O) groups is 1. The maximum absolute atomic E-state index is 11.8. The minimum absolute atomic E-state index is 0.102. The zero-order chi connectivity index (χ0) is 14.8. The van der Waals surface area contributed by atoms with Crippen molar-refractivity contribution in [1.29, 1.82) is 0 Å². The predicted octanol–water partition coefficient (Wildman–Crippen LogP) is 0.665. The van der Waals surface area contributed by atoms with Gasteiger partial charge in [0.2, 0.25) is 5.91 Å². The third-order valence-electron chi connectivity index (χ3n) is 4.33. The van der Waals surface area contributed by atoms with Gasteiger partial charge in [0.15, 0.2) is 0 Å². The van der Waals surface area contributed by atoms with Gasteiger partial charge in [0.25, 0.3) is 5.56 Å². The van der Waals surface area contributed by atoms with E-state index < -0.39 is 0 Å². The summed E-state index contributed by atoms with van der Waals surface area (Å²) in [5.74, 6) is 1.26. The Morgan fingerprint density at radius 1 is 1.33 bits per heavy atom. The molecule has 2 heterocycles. The van der Waals surface area contributed by atoms with E-state index in [2.05, 4.69) is 15.3 Å². The van der Waals surface area contributed by atoms with Crippen molar-refractivity contribution in [2.24, 2.45) is 13.0 Å². The number of piperidine rings is 1. The van der Waals surface area contributed by atoms with E-state index >= 15 is 0 Å². The van der Waals surface area contributed by atoms with E-state index in [4.69, 9.17) is 0 Å². The zero-order valence-electron chi connectivity index (χ0n) is 12.4. The second-order valence-electron chi connectivity index (χ2n) is 6.02. The van der Waals surface area contributed by atoms with E-state index in [0.717, 1.165) is 38.0 Å². The van der Waals surface area contributed by atoms with Gasteiger partial charge in [0, 0.05) is 38.2 Å². The molecule has 0 aromatic carbocycles. The highest BCUT2D eigenvalue weighted by Crippen LogP contribution is 2.29. The van der Waals surface area contributed by atoms with Crippen LogP contribution in [-0.2, 0) is 11.8 Å². The highest BCUT2D eigenvalue weighted by Gasteiger charge is 2.31. The molecule has 0 spiro atoms. The van der Waals surface area contributed by atoms with Gasteiger partial charge in [0.1, 0.15) is 5.82 Å². The molecule has 1 N–H and O–H groups in total. The number of anilines is 1. The summed E-state index contributed by atoms with van der Waals surface area (Å²) in [6.45, 7) is 1.59. The van der Waals surface area contributed by atoms with Crippen molar-refractivity contribution in [3.63, 3.8) is 0 Å². The van der Waals surface area contributed by atoms with Crippen LogP contribution in [-0.4, -0.2) is 34.8 Å². The van der Waals surface area contributed by atoms with Gasteiger partial charge in [-0.25, -0.2) is 4.68 Å². The first-order chi connectivity index (χ1) is 10.1. The van der Waals surface area contributed by atoms with Gasteiger partial charge in [-0.3, -0.25) is 9.59 Å².